The number of anilines is 2. The smallest absolute Gasteiger partial charge is 0.135 e. The Kier molecular flexibility index (Phi) is 3.11. The molecular formula is C14H13ClFN3. The average Bonchev–Trinajstić information content (AvgIpc) is 3.18. The summed E-state index contributed by atoms with van der Waals surface area (Å²) in [5.74, 6) is 1.56. The van der Waals surface area contributed by atoms with Gasteiger partial charge in [-0.15, -0.1) is 0 Å². The van der Waals surface area contributed by atoms with Crippen LogP contribution in [0.5, 0.6) is 0 Å². The van der Waals surface area contributed by atoms with E-state index in [1.165, 1.54) is 6.07 Å². The lowest BCUT2D eigenvalue weighted by Gasteiger charge is -2.10. The second-order valence-electron chi connectivity index (χ2n) is 4.75. The molecule has 0 atom stereocenters. The summed E-state index contributed by atoms with van der Waals surface area (Å²) < 4.78 is 13.5. The quantitative estimate of drug-likeness (QED) is 0.855. The van der Waals surface area contributed by atoms with Crippen molar-refractivity contribution in [3.8, 4) is 0 Å². The molecule has 1 aromatic carbocycles. The van der Waals surface area contributed by atoms with Crippen LogP contribution in [-0.2, 0) is 0 Å². The summed E-state index contributed by atoms with van der Waals surface area (Å²) in [5, 5.41) is 3.51. The van der Waals surface area contributed by atoms with E-state index in [-0.39, 0.29) is 5.82 Å². The maximum absolute atomic E-state index is 13.5. The number of halogens is 2. The minimum absolute atomic E-state index is 0.243. The lowest BCUT2D eigenvalue weighted by molar-refractivity contribution is 0.619. The highest BCUT2D eigenvalue weighted by Crippen LogP contribution is 2.39. The van der Waals surface area contributed by atoms with Gasteiger partial charge in [-0.3, -0.25) is 0 Å². The third kappa shape index (κ3) is 2.68. The lowest BCUT2D eigenvalue weighted by Crippen LogP contribution is -2.01. The van der Waals surface area contributed by atoms with Gasteiger partial charge in [-0.05, 0) is 31.9 Å². The zero-order chi connectivity index (χ0) is 13.4. The topological polar surface area (TPSA) is 37.8 Å². The Balaban J connectivity index is 1.92. The van der Waals surface area contributed by atoms with Crippen molar-refractivity contribution >= 4 is 23.1 Å². The summed E-state index contributed by atoms with van der Waals surface area (Å²) in [7, 11) is 0. The van der Waals surface area contributed by atoms with Gasteiger partial charge in [0.15, 0.2) is 0 Å². The number of nitrogens with zero attached hydrogens (tertiary/aromatic N) is 2. The fourth-order valence-electron chi connectivity index (χ4n) is 1.90. The van der Waals surface area contributed by atoms with Gasteiger partial charge in [0.2, 0.25) is 0 Å². The van der Waals surface area contributed by atoms with Crippen molar-refractivity contribution in [3.63, 3.8) is 0 Å². The predicted molar refractivity (Wildman–Crippen MR) is 73.4 cm³/mol. The SMILES string of the molecule is Cc1c(F)cccc1Nc1cc(Cl)nc(C2CC2)n1. The molecule has 0 bridgehead atoms. The normalized spacial score (nSPS) is 14.5. The van der Waals surface area contributed by atoms with Crippen molar-refractivity contribution in [3.05, 3.63) is 46.6 Å². The first-order valence-electron chi connectivity index (χ1n) is 6.20. The van der Waals surface area contributed by atoms with Crippen molar-refractivity contribution in [2.24, 2.45) is 0 Å². The van der Waals surface area contributed by atoms with Crippen molar-refractivity contribution in [1.29, 1.82) is 0 Å². The Morgan fingerprint density at radius 2 is 2.11 bits per heavy atom. The molecule has 1 aliphatic rings. The Morgan fingerprint density at radius 1 is 1.32 bits per heavy atom. The molecule has 1 aliphatic carbocycles. The fraction of sp³-hybridized carbons (Fsp3) is 0.286. The van der Waals surface area contributed by atoms with Crippen LogP contribution in [0.1, 0.15) is 30.1 Å². The Bertz CT molecular complexity index is 626. The molecule has 19 heavy (non-hydrogen) atoms. The van der Waals surface area contributed by atoms with Crippen LogP contribution < -0.4 is 5.32 Å². The zero-order valence-corrected chi connectivity index (χ0v) is 11.2. The van der Waals surface area contributed by atoms with E-state index < -0.39 is 0 Å². The largest absolute Gasteiger partial charge is 0.340 e. The standard InChI is InChI=1S/C14H13ClFN3/c1-8-10(16)3-2-4-11(8)17-13-7-12(15)18-14(19-13)9-5-6-9/h2-4,7,9H,5-6H2,1H3,(H,17,18,19). The van der Waals surface area contributed by atoms with Crippen LogP contribution in [0, 0.1) is 12.7 Å². The van der Waals surface area contributed by atoms with Gasteiger partial charge in [0.1, 0.15) is 22.6 Å². The van der Waals surface area contributed by atoms with Gasteiger partial charge in [0.05, 0.1) is 0 Å². The van der Waals surface area contributed by atoms with E-state index in [9.17, 15) is 4.39 Å². The highest BCUT2D eigenvalue weighted by molar-refractivity contribution is 6.29. The summed E-state index contributed by atoms with van der Waals surface area (Å²) in [6, 6.07) is 6.56. The van der Waals surface area contributed by atoms with E-state index >= 15 is 0 Å². The van der Waals surface area contributed by atoms with Crippen LogP contribution in [0.25, 0.3) is 0 Å². The van der Waals surface area contributed by atoms with Gasteiger partial charge < -0.3 is 5.32 Å². The molecule has 2 aromatic rings. The third-order valence-electron chi connectivity index (χ3n) is 3.19. The van der Waals surface area contributed by atoms with Crippen LogP contribution in [0.4, 0.5) is 15.9 Å². The van der Waals surface area contributed by atoms with E-state index in [0.29, 0.717) is 28.1 Å². The molecule has 1 fully saturated rings. The molecule has 3 nitrogen and oxygen atoms in total. The van der Waals surface area contributed by atoms with E-state index in [1.807, 2.05) is 6.07 Å². The van der Waals surface area contributed by atoms with Gasteiger partial charge in [0, 0.05) is 23.2 Å². The average molecular weight is 278 g/mol. The fourth-order valence-corrected chi connectivity index (χ4v) is 2.09. The van der Waals surface area contributed by atoms with E-state index in [4.69, 9.17) is 11.6 Å². The maximum atomic E-state index is 13.5. The molecule has 0 radical (unpaired) electrons. The molecule has 1 heterocycles. The zero-order valence-electron chi connectivity index (χ0n) is 10.5. The summed E-state index contributed by atoms with van der Waals surface area (Å²) >= 11 is 5.99. The van der Waals surface area contributed by atoms with E-state index in [0.717, 1.165) is 18.7 Å². The summed E-state index contributed by atoms with van der Waals surface area (Å²) in [5.41, 5.74) is 1.25. The van der Waals surface area contributed by atoms with Crippen molar-refractivity contribution in [2.45, 2.75) is 25.7 Å². The van der Waals surface area contributed by atoms with Crippen molar-refractivity contribution in [2.75, 3.05) is 5.32 Å². The van der Waals surface area contributed by atoms with E-state index in [2.05, 4.69) is 15.3 Å². The first-order valence-corrected chi connectivity index (χ1v) is 6.58. The van der Waals surface area contributed by atoms with Gasteiger partial charge >= 0.3 is 0 Å². The van der Waals surface area contributed by atoms with Crippen LogP contribution in [0.3, 0.4) is 0 Å². The van der Waals surface area contributed by atoms with Crippen LogP contribution >= 0.6 is 11.6 Å². The third-order valence-corrected chi connectivity index (χ3v) is 3.38. The molecule has 0 unspecified atom stereocenters. The maximum Gasteiger partial charge on any atom is 0.135 e. The molecule has 1 N–H and O–H groups in total. The molecule has 0 amide bonds. The number of rotatable bonds is 3. The summed E-state index contributed by atoms with van der Waals surface area (Å²) in [4.78, 5) is 8.65. The van der Waals surface area contributed by atoms with Gasteiger partial charge in [0.25, 0.3) is 0 Å². The monoisotopic (exact) mass is 277 g/mol. The Labute approximate surface area is 115 Å². The highest BCUT2D eigenvalue weighted by atomic mass is 35.5. The molecule has 0 saturated heterocycles. The lowest BCUT2D eigenvalue weighted by atomic mass is 10.2. The van der Waals surface area contributed by atoms with Crippen molar-refractivity contribution < 1.29 is 4.39 Å². The first-order chi connectivity index (χ1) is 9.13. The summed E-state index contributed by atoms with van der Waals surface area (Å²) in [6.45, 7) is 1.72. The second-order valence-corrected chi connectivity index (χ2v) is 5.13. The number of hydrogen-bond acceptors (Lipinski definition) is 3. The molecule has 1 aromatic heterocycles. The highest BCUT2D eigenvalue weighted by Gasteiger charge is 2.27. The molecule has 0 aliphatic heterocycles. The molecular weight excluding hydrogens is 265 g/mol. The minimum Gasteiger partial charge on any atom is -0.340 e. The number of benzene rings is 1. The molecule has 0 spiro atoms. The van der Waals surface area contributed by atoms with Crippen molar-refractivity contribution in [1.82, 2.24) is 9.97 Å². The molecule has 3 rings (SSSR count). The summed E-state index contributed by atoms with van der Waals surface area (Å²) in [6.07, 6.45) is 2.22. The van der Waals surface area contributed by atoms with Gasteiger partial charge in [-0.25, -0.2) is 14.4 Å². The molecule has 5 heteroatoms. The second kappa shape index (κ2) is 4.78. The number of hydrogen-bond donors (Lipinski definition) is 1. The molecule has 1 saturated carbocycles. The van der Waals surface area contributed by atoms with E-state index in [1.54, 1.807) is 19.1 Å². The minimum atomic E-state index is -0.243. The van der Waals surface area contributed by atoms with Crippen LogP contribution in [0.2, 0.25) is 5.15 Å². The Morgan fingerprint density at radius 3 is 2.84 bits per heavy atom. The Hall–Kier alpha value is -1.68. The van der Waals surface area contributed by atoms with Crippen LogP contribution in [-0.4, -0.2) is 9.97 Å². The predicted octanol–water partition coefficient (Wildman–Crippen LogP) is 4.20. The molecule has 98 valence electrons. The van der Waals surface area contributed by atoms with Crippen LogP contribution in [0.15, 0.2) is 24.3 Å². The number of aromatic nitrogens is 2. The number of nitrogens with one attached hydrogen (secondary N) is 1. The first kappa shape index (κ1) is 12.4. The van der Waals surface area contributed by atoms with Gasteiger partial charge in [-0.2, -0.15) is 0 Å². The van der Waals surface area contributed by atoms with Gasteiger partial charge in [-0.1, -0.05) is 17.7 Å².